The average Bonchev–Trinajstić information content (AvgIpc) is 3.48. The molecule has 0 atom stereocenters. The summed E-state index contributed by atoms with van der Waals surface area (Å²) in [6.45, 7) is 5.77. The van der Waals surface area contributed by atoms with E-state index in [0.29, 0.717) is 11.3 Å². The number of esters is 1. The van der Waals surface area contributed by atoms with Gasteiger partial charge in [0.25, 0.3) is 0 Å². The first-order chi connectivity index (χ1) is 19.6. The standard InChI is InChI=1S/C30H39N5O5S/c1-22-20-26(10-11-28(22)40-27-12-16-34(17-13-27)29-9-4-14-33-29)35(41(37,38)19-18-39-23(2)36)15-5-7-24-6-3-8-25(21-24)30(31)32/h3,5-8,10-11,20-21,27H,4,9,12-19H2,1-2H3,(H3,31,32)/b7-5+. The van der Waals surface area contributed by atoms with Crippen LogP contribution >= 0.6 is 0 Å². The molecule has 2 aliphatic heterocycles. The van der Waals surface area contributed by atoms with Crippen LogP contribution in [0, 0.1) is 12.3 Å². The summed E-state index contributed by atoms with van der Waals surface area (Å²) in [5.74, 6) is 1.04. The second kappa shape index (κ2) is 13.7. The number of rotatable bonds is 11. The molecule has 2 heterocycles. The van der Waals surface area contributed by atoms with Crippen molar-refractivity contribution in [2.45, 2.75) is 45.6 Å². The topological polar surface area (TPSA) is 138 Å². The Hall–Kier alpha value is -3.86. The molecule has 0 bridgehead atoms. The van der Waals surface area contributed by atoms with Gasteiger partial charge in [0.1, 0.15) is 30.0 Å². The van der Waals surface area contributed by atoms with E-state index in [1.165, 1.54) is 17.1 Å². The molecular formula is C30H39N5O5S. The Morgan fingerprint density at radius 2 is 2.00 bits per heavy atom. The molecule has 220 valence electrons. The molecule has 2 aromatic rings. The minimum absolute atomic E-state index is 0.0403. The molecule has 0 amide bonds. The van der Waals surface area contributed by atoms with Crippen molar-refractivity contribution in [1.82, 2.24) is 4.90 Å². The van der Waals surface area contributed by atoms with Crippen LogP contribution in [0.1, 0.15) is 49.3 Å². The van der Waals surface area contributed by atoms with E-state index in [4.69, 9.17) is 20.6 Å². The van der Waals surface area contributed by atoms with Gasteiger partial charge in [-0.15, -0.1) is 0 Å². The molecule has 0 radical (unpaired) electrons. The minimum atomic E-state index is -3.83. The first-order valence-electron chi connectivity index (χ1n) is 13.9. The number of anilines is 1. The second-order valence-electron chi connectivity index (χ2n) is 10.3. The van der Waals surface area contributed by atoms with Crippen LogP contribution < -0.4 is 14.8 Å². The van der Waals surface area contributed by atoms with Gasteiger partial charge in [-0.1, -0.05) is 30.4 Å². The van der Waals surface area contributed by atoms with Crippen LogP contribution in [0.25, 0.3) is 6.08 Å². The zero-order valence-electron chi connectivity index (χ0n) is 23.7. The lowest BCUT2D eigenvalue weighted by Gasteiger charge is -2.34. The van der Waals surface area contributed by atoms with Crippen LogP contribution in [0.5, 0.6) is 5.75 Å². The van der Waals surface area contributed by atoms with Crippen molar-refractivity contribution >= 4 is 39.4 Å². The monoisotopic (exact) mass is 581 g/mol. The number of amidine groups is 2. The van der Waals surface area contributed by atoms with E-state index >= 15 is 0 Å². The maximum atomic E-state index is 13.4. The molecule has 11 heteroatoms. The van der Waals surface area contributed by atoms with Gasteiger partial charge in [0.15, 0.2) is 0 Å². The number of nitrogens with one attached hydrogen (secondary N) is 1. The summed E-state index contributed by atoms with van der Waals surface area (Å²) in [7, 11) is -3.83. The van der Waals surface area contributed by atoms with E-state index in [2.05, 4.69) is 9.89 Å². The van der Waals surface area contributed by atoms with Gasteiger partial charge in [-0.05, 0) is 48.7 Å². The number of likely N-dealkylation sites (tertiary alicyclic amines) is 1. The number of nitrogen functional groups attached to an aromatic ring is 1. The van der Waals surface area contributed by atoms with Crippen molar-refractivity contribution in [3.8, 4) is 5.75 Å². The highest BCUT2D eigenvalue weighted by molar-refractivity contribution is 7.92. The van der Waals surface area contributed by atoms with Crippen LogP contribution in [0.15, 0.2) is 53.5 Å². The fourth-order valence-corrected chi connectivity index (χ4v) is 6.25. The van der Waals surface area contributed by atoms with E-state index in [9.17, 15) is 13.2 Å². The molecule has 0 unspecified atom stereocenters. The van der Waals surface area contributed by atoms with Crippen molar-refractivity contribution in [2.75, 3.05) is 42.8 Å². The largest absolute Gasteiger partial charge is 0.490 e. The summed E-state index contributed by atoms with van der Waals surface area (Å²) in [5, 5.41) is 7.64. The Morgan fingerprint density at radius 1 is 1.22 bits per heavy atom. The summed E-state index contributed by atoms with van der Waals surface area (Å²) < 4.78 is 39.3. The highest BCUT2D eigenvalue weighted by Crippen LogP contribution is 2.29. The number of carbonyl (C=O) groups is 1. The quantitative estimate of drug-likeness (QED) is 0.234. The molecule has 0 spiro atoms. The lowest BCUT2D eigenvalue weighted by molar-refractivity contribution is -0.140. The molecular weight excluding hydrogens is 542 g/mol. The average molecular weight is 582 g/mol. The normalized spacial score (nSPS) is 16.0. The van der Waals surface area contributed by atoms with Crippen molar-refractivity contribution in [2.24, 2.45) is 10.7 Å². The number of aryl methyl sites for hydroxylation is 1. The predicted octanol–water partition coefficient (Wildman–Crippen LogP) is 3.73. The molecule has 0 aromatic heterocycles. The van der Waals surface area contributed by atoms with Gasteiger partial charge in [-0.3, -0.25) is 19.5 Å². The minimum Gasteiger partial charge on any atom is -0.490 e. The highest BCUT2D eigenvalue weighted by Gasteiger charge is 2.26. The number of piperidine rings is 1. The van der Waals surface area contributed by atoms with Crippen LogP contribution in [-0.4, -0.2) is 75.6 Å². The number of hydrogen-bond acceptors (Lipinski definition) is 8. The lowest BCUT2D eigenvalue weighted by Crippen LogP contribution is -2.41. The lowest BCUT2D eigenvalue weighted by atomic mass is 10.1. The molecule has 10 nitrogen and oxygen atoms in total. The van der Waals surface area contributed by atoms with E-state index in [1.54, 1.807) is 36.4 Å². The van der Waals surface area contributed by atoms with Crippen LogP contribution in [0.3, 0.4) is 0 Å². The summed E-state index contributed by atoms with van der Waals surface area (Å²) in [6, 6.07) is 12.5. The Balaban J connectivity index is 1.47. The third-order valence-electron chi connectivity index (χ3n) is 7.16. The Morgan fingerprint density at radius 3 is 2.66 bits per heavy atom. The zero-order valence-corrected chi connectivity index (χ0v) is 24.5. The van der Waals surface area contributed by atoms with E-state index in [0.717, 1.165) is 62.2 Å². The van der Waals surface area contributed by atoms with Gasteiger partial charge in [0.05, 0.1) is 18.1 Å². The SMILES string of the molecule is CC(=O)OCCS(=O)(=O)N(C/C=C/c1cccc(C(=N)N)c1)c1ccc(OC2CCN(C3=NCCC3)CC2)c(C)c1. The molecule has 0 aliphatic carbocycles. The highest BCUT2D eigenvalue weighted by atomic mass is 32.2. The van der Waals surface area contributed by atoms with Gasteiger partial charge in [-0.2, -0.15) is 0 Å². The predicted molar refractivity (Wildman–Crippen MR) is 162 cm³/mol. The van der Waals surface area contributed by atoms with Crippen molar-refractivity contribution in [3.05, 3.63) is 65.2 Å². The van der Waals surface area contributed by atoms with Crippen LogP contribution in [0.2, 0.25) is 0 Å². The zero-order chi connectivity index (χ0) is 29.4. The Bertz CT molecular complexity index is 1410. The van der Waals surface area contributed by atoms with Gasteiger partial charge < -0.3 is 20.1 Å². The fourth-order valence-electron chi connectivity index (χ4n) is 4.99. The van der Waals surface area contributed by atoms with Gasteiger partial charge in [-0.25, -0.2) is 8.42 Å². The van der Waals surface area contributed by atoms with Crippen LogP contribution in [-0.2, 0) is 19.6 Å². The summed E-state index contributed by atoms with van der Waals surface area (Å²) >= 11 is 0. The van der Waals surface area contributed by atoms with Crippen molar-refractivity contribution < 1.29 is 22.7 Å². The number of hydrogen-bond donors (Lipinski definition) is 2. The van der Waals surface area contributed by atoms with Crippen LogP contribution in [0.4, 0.5) is 5.69 Å². The van der Waals surface area contributed by atoms with E-state index < -0.39 is 16.0 Å². The molecule has 4 rings (SSSR count). The summed E-state index contributed by atoms with van der Waals surface area (Å²) in [4.78, 5) is 18.2. The molecule has 41 heavy (non-hydrogen) atoms. The summed E-state index contributed by atoms with van der Waals surface area (Å²) in [6.07, 6.45) is 7.64. The van der Waals surface area contributed by atoms with Gasteiger partial charge >= 0.3 is 5.97 Å². The number of nitrogens with zero attached hydrogens (tertiary/aromatic N) is 3. The number of benzene rings is 2. The third-order valence-corrected chi connectivity index (χ3v) is 8.88. The van der Waals surface area contributed by atoms with Crippen molar-refractivity contribution in [1.29, 1.82) is 5.41 Å². The maximum Gasteiger partial charge on any atom is 0.302 e. The van der Waals surface area contributed by atoms with Crippen molar-refractivity contribution in [3.63, 3.8) is 0 Å². The Labute approximate surface area is 242 Å². The molecule has 1 fully saturated rings. The third kappa shape index (κ3) is 8.32. The molecule has 0 saturated carbocycles. The number of carbonyl (C=O) groups excluding carboxylic acids is 1. The van der Waals surface area contributed by atoms with E-state index in [-0.39, 0.29) is 30.8 Å². The first kappa shape index (κ1) is 30.1. The molecule has 1 saturated heterocycles. The summed E-state index contributed by atoms with van der Waals surface area (Å²) in [5.41, 5.74) is 8.30. The molecule has 3 N–H and O–H groups in total. The number of nitrogens with two attached hydrogens (primary N) is 1. The fraction of sp³-hybridized carbons (Fsp3) is 0.433. The number of aliphatic imine (C=N–C) groups is 1. The molecule has 2 aromatic carbocycles. The maximum absolute atomic E-state index is 13.4. The number of sulfonamides is 1. The number of ether oxygens (including phenoxy) is 2. The Kier molecular flexibility index (Phi) is 10.0. The van der Waals surface area contributed by atoms with Gasteiger partial charge in [0.2, 0.25) is 10.0 Å². The molecule has 2 aliphatic rings. The second-order valence-corrected chi connectivity index (χ2v) is 12.3. The van der Waals surface area contributed by atoms with E-state index in [1.807, 2.05) is 25.1 Å². The van der Waals surface area contributed by atoms with Gasteiger partial charge in [0, 0.05) is 51.4 Å². The smallest absolute Gasteiger partial charge is 0.302 e. The first-order valence-corrected chi connectivity index (χ1v) is 15.5.